The fraction of sp³-hybridized carbons (Fsp3) is 0.125. The molecule has 0 spiro atoms. The quantitative estimate of drug-likeness (QED) is 0.690. The second-order valence-electron chi connectivity index (χ2n) is 4.73. The van der Waals surface area contributed by atoms with Gasteiger partial charge in [-0.3, -0.25) is 9.59 Å². The van der Waals surface area contributed by atoms with E-state index in [1.807, 2.05) is 16.8 Å². The molecule has 0 aliphatic rings. The van der Waals surface area contributed by atoms with Crippen LogP contribution in [0.15, 0.2) is 51.7 Å². The van der Waals surface area contributed by atoms with E-state index in [1.165, 1.54) is 11.3 Å². The molecule has 0 bridgehead atoms. The van der Waals surface area contributed by atoms with E-state index >= 15 is 0 Å². The van der Waals surface area contributed by atoms with Crippen molar-refractivity contribution < 1.29 is 18.8 Å². The molecule has 2 heterocycles. The van der Waals surface area contributed by atoms with Gasteiger partial charge in [0.2, 0.25) is 5.82 Å². The summed E-state index contributed by atoms with van der Waals surface area (Å²) in [6.45, 7) is -0.379. The monoisotopic (exact) mass is 343 g/mol. The van der Waals surface area contributed by atoms with Crippen molar-refractivity contribution in [1.29, 1.82) is 0 Å². The van der Waals surface area contributed by atoms with Crippen molar-refractivity contribution in [3.8, 4) is 11.4 Å². The second kappa shape index (κ2) is 7.51. The number of esters is 1. The molecule has 8 heteroatoms. The van der Waals surface area contributed by atoms with Crippen molar-refractivity contribution in [2.45, 2.75) is 6.61 Å². The number of ether oxygens (including phenoxy) is 1. The number of carbonyl (C=O) groups is 2. The van der Waals surface area contributed by atoms with Gasteiger partial charge in [0.25, 0.3) is 11.8 Å². The average molecular weight is 343 g/mol. The molecule has 0 unspecified atom stereocenters. The van der Waals surface area contributed by atoms with Gasteiger partial charge < -0.3 is 14.6 Å². The van der Waals surface area contributed by atoms with Crippen molar-refractivity contribution in [3.05, 3.63) is 58.6 Å². The zero-order valence-corrected chi connectivity index (χ0v) is 13.3. The van der Waals surface area contributed by atoms with Crippen LogP contribution in [0.1, 0.15) is 16.2 Å². The Bertz CT molecular complexity index is 815. The van der Waals surface area contributed by atoms with E-state index in [2.05, 4.69) is 15.5 Å². The Hall–Kier alpha value is -3.00. The van der Waals surface area contributed by atoms with E-state index in [-0.39, 0.29) is 24.9 Å². The number of hydrogen-bond donors (Lipinski definition) is 1. The van der Waals surface area contributed by atoms with Gasteiger partial charge in [0.15, 0.2) is 6.61 Å². The highest BCUT2D eigenvalue weighted by Crippen LogP contribution is 2.18. The highest BCUT2D eigenvalue weighted by molar-refractivity contribution is 7.08. The molecule has 0 aliphatic heterocycles. The smallest absolute Gasteiger partial charge is 0.325 e. The van der Waals surface area contributed by atoms with Gasteiger partial charge >= 0.3 is 5.97 Å². The number of benzene rings is 1. The number of carbonyl (C=O) groups excluding carboxylic acids is 2. The van der Waals surface area contributed by atoms with Crippen molar-refractivity contribution in [2.24, 2.45) is 0 Å². The second-order valence-corrected chi connectivity index (χ2v) is 5.51. The minimum Gasteiger partial charge on any atom is -0.454 e. The van der Waals surface area contributed by atoms with Crippen LogP contribution in [0, 0.1) is 0 Å². The van der Waals surface area contributed by atoms with Gasteiger partial charge in [-0.1, -0.05) is 23.4 Å². The van der Waals surface area contributed by atoms with Crippen LogP contribution in [0.4, 0.5) is 0 Å². The Balaban J connectivity index is 1.45. The highest BCUT2D eigenvalue weighted by atomic mass is 32.1. The van der Waals surface area contributed by atoms with Gasteiger partial charge in [-0.25, -0.2) is 0 Å². The number of thiophene rings is 1. The Labute approximate surface area is 141 Å². The summed E-state index contributed by atoms with van der Waals surface area (Å²) in [6, 6.07) is 10.5. The third-order valence-corrected chi connectivity index (χ3v) is 3.72. The number of nitrogens with zero attached hydrogens (tertiary/aromatic N) is 2. The predicted octanol–water partition coefficient (Wildman–Crippen LogP) is 2.27. The molecule has 0 saturated heterocycles. The lowest BCUT2D eigenvalue weighted by molar-refractivity contribution is -0.144. The number of aromatic nitrogens is 2. The van der Waals surface area contributed by atoms with Gasteiger partial charge in [0.1, 0.15) is 6.54 Å². The summed E-state index contributed by atoms with van der Waals surface area (Å²) in [5.41, 5.74) is 1.32. The Morgan fingerprint density at radius 2 is 2.04 bits per heavy atom. The molecule has 7 nitrogen and oxygen atoms in total. The number of hydrogen-bond acceptors (Lipinski definition) is 7. The first-order valence-electron chi connectivity index (χ1n) is 7.06. The first-order chi connectivity index (χ1) is 11.7. The lowest BCUT2D eigenvalue weighted by atomic mass is 10.2. The van der Waals surface area contributed by atoms with Crippen molar-refractivity contribution in [2.75, 3.05) is 6.54 Å². The van der Waals surface area contributed by atoms with E-state index in [0.29, 0.717) is 11.4 Å². The number of amides is 1. The maximum absolute atomic E-state index is 11.8. The molecule has 0 aliphatic carbocycles. The van der Waals surface area contributed by atoms with E-state index in [1.54, 1.807) is 30.3 Å². The standard InChI is InChI=1S/C16H13N3O4S/c20-14(8-17-16(21)11-4-2-1-3-5-11)22-9-13-18-15(19-23-13)12-6-7-24-10-12/h1-7,10H,8-9H2,(H,17,21). The van der Waals surface area contributed by atoms with Crippen LogP contribution in [0.25, 0.3) is 11.4 Å². The summed E-state index contributed by atoms with van der Waals surface area (Å²) in [4.78, 5) is 27.6. The third kappa shape index (κ3) is 4.05. The van der Waals surface area contributed by atoms with Crippen LogP contribution < -0.4 is 5.32 Å². The summed E-state index contributed by atoms with van der Waals surface area (Å²) in [5, 5.41) is 10.1. The summed E-state index contributed by atoms with van der Waals surface area (Å²) < 4.78 is 10.0. The molecule has 1 aromatic carbocycles. The minimum absolute atomic E-state index is 0.142. The zero-order valence-electron chi connectivity index (χ0n) is 12.5. The summed E-state index contributed by atoms with van der Waals surface area (Å²) in [7, 11) is 0. The molecule has 0 fully saturated rings. The zero-order chi connectivity index (χ0) is 16.8. The van der Waals surface area contributed by atoms with E-state index in [9.17, 15) is 9.59 Å². The van der Waals surface area contributed by atoms with Gasteiger partial charge in [-0.2, -0.15) is 16.3 Å². The van der Waals surface area contributed by atoms with Crippen LogP contribution in [0.2, 0.25) is 0 Å². The van der Waals surface area contributed by atoms with Gasteiger partial charge in [-0.05, 0) is 23.6 Å². The fourth-order valence-electron chi connectivity index (χ4n) is 1.86. The van der Waals surface area contributed by atoms with Crippen LogP contribution in [-0.4, -0.2) is 28.6 Å². The summed E-state index contributed by atoms with van der Waals surface area (Å²) >= 11 is 1.52. The molecule has 0 radical (unpaired) electrons. The normalized spacial score (nSPS) is 10.3. The maximum Gasteiger partial charge on any atom is 0.325 e. The maximum atomic E-state index is 11.8. The average Bonchev–Trinajstić information content (AvgIpc) is 3.29. The molecule has 24 heavy (non-hydrogen) atoms. The molecule has 2 aromatic heterocycles. The van der Waals surface area contributed by atoms with Crippen molar-refractivity contribution in [1.82, 2.24) is 15.5 Å². The molecule has 3 rings (SSSR count). The van der Waals surface area contributed by atoms with E-state index in [4.69, 9.17) is 9.26 Å². The Morgan fingerprint density at radius 3 is 2.79 bits per heavy atom. The van der Waals surface area contributed by atoms with E-state index in [0.717, 1.165) is 5.56 Å². The third-order valence-electron chi connectivity index (χ3n) is 3.03. The van der Waals surface area contributed by atoms with Crippen LogP contribution in [0.3, 0.4) is 0 Å². The molecular formula is C16H13N3O4S. The predicted molar refractivity (Wildman–Crippen MR) is 86.2 cm³/mol. The molecule has 1 N–H and O–H groups in total. The van der Waals surface area contributed by atoms with Crippen molar-refractivity contribution in [3.63, 3.8) is 0 Å². The number of nitrogens with one attached hydrogen (secondary N) is 1. The van der Waals surface area contributed by atoms with Crippen LogP contribution in [-0.2, 0) is 16.1 Å². The van der Waals surface area contributed by atoms with E-state index < -0.39 is 5.97 Å². The SMILES string of the molecule is O=C(CNC(=O)c1ccccc1)OCc1nc(-c2ccsc2)no1. The molecule has 0 atom stereocenters. The minimum atomic E-state index is -0.588. The van der Waals surface area contributed by atoms with Gasteiger partial charge in [-0.15, -0.1) is 0 Å². The van der Waals surface area contributed by atoms with Crippen LogP contribution >= 0.6 is 11.3 Å². The van der Waals surface area contributed by atoms with Crippen LogP contribution in [0.5, 0.6) is 0 Å². The summed E-state index contributed by atoms with van der Waals surface area (Å²) in [5.74, 6) is -0.293. The number of rotatable bonds is 6. The largest absolute Gasteiger partial charge is 0.454 e. The Morgan fingerprint density at radius 1 is 1.21 bits per heavy atom. The molecule has 0 saturated carbocycles. The molecule has 3 aromatic rings. The summed E-state index contributed by atoms with van der Waals surface area (Å²) in [6.07, 6.45) is 0. The Kier molecular flexibility index (Phi) is 4.97. The molecule has 1 amide bonds. The first-order valence-corrected chi connectivity index (χ1v) is 8.00. The first kappa shape index (κ1) is 15.9. The lowest BCUT2D eigenvalue weighted by Crippen LogP contribution is -2.30. The fourth-order valence-corrected chi connectivity index (χ4v) is 2.49. The van der Waals surface area contributed by atoms with Crippen molar-refractivity contribution >= 4 is 23.2 Å². The topological polar surface area (TPSA) is 94.3 Å². The molecular weight excluding hydrogens is 330 g/mol. The molecule has 122 valence electrons. The van der Waals surface area contributed by atoms with Gasteiger partial charge in [0, 0.05) is 16.5 Å². The van der Waals surface area contributed by atoms with Gasteiger partial charge in [0.05, 0.1) is 0 Å². The highest BCUT2D eigenvalue weighted by Gasteiger charge is 2.12. The lowest BCUT2D eigenvalue weighted by Gasteiger charge is -2.04.